The highest BCUT2D eigenvalue weighted by Gasteiger charge is 2.27. The number of hydrazine groups is 1. The minimum absolute atomic E-state index is 0.0102. The van der Waals surface area contributed by atoms with E-state index in [-0.39, 0.29) is 28.7 Å². The molecule has 0 heterocycles. The maximum Gasteiger partial charge on any atom is 0.276 e. The van der Waals surface area contributed by atoms with Crippen molar-refractivity contribution >= 4 is 17.5 Å². The fourth-order valence-electron chi connectivity index (χ4n) is 3.55. The van der Waals surface area contributed by atoms with Gasteiger partial charge in [-0.2, -0.15) is 0 Å². The third kappa shape index (κ3) is 7.40. The molecule has 8 heteroatoms. The summed E-state index contributed by atoms with van der Waals surface area (Å²) >= 11 is 0. The molecule has 0 fully saturated rings. The largest absolute Gasteiger partial charge is 0.484 e. The lowest BCUT2D eigenvalue weighted by atomic mass is 9.72. The standard InChI is InChI=1S/C23H29N3O5/c1-22(2,3)15-23(4,5)17-8-12-19(13-9-17)31-14-20(27)24-25-21(28)16-6-10-18(11-7-16)26(29)30/h6-13H,14-15H2,1-5H3,(H,24,27)(H,25,28). The smallest absolute Gasteiger partial charge is 0.276 e. The van der Waals surface area contributed by atoms with Crippen LogP contribution in [-0.4, -0.2) is 23.3 Å². The molecule has 2 N–H and O–H groups in total. The summed E-state index contributed by atoms with van der Waals surface area (Å²) in [5, 5.41) is 10.6. The van der Waals surface area contributed by atoms with Crippen LogP contribution in [0.2, 0.25) is 0 Å². The maximum absolute atomic E-state index is 12.0. The predicted octanol–water partition coefficient (Wildman–Crippen LogP) is 4.15. The summed E-state index contributed by atoms with van der Waals surface area (Å²) < 4.78 is 5.48. The van der Waals surface area contributed by atoms with E-state index < -0.39 is 16.7 Å². The molecule has 0 bridgehead atoms. The highest BCUT2D eigenvalue weighted by Crippen LogP contribution is 2.36. The molecule has 0 aliphatic carbocycles. The van der Waals surface area contributed by atoms with Gasteiger partial charge in [0.2, 0.25) is 0 Å². The number of non-ortho nitro benzene ring substituents is 1. The Labute approximate surface area is 182 Å². The molecule has 0 spiro atoms. The van der Waals surface area contributed by atoms with Gasteiger partial charge in [-0.15, -0.1) is 0 Å². The molecule has 2 aromatic rings. The number of benzene rings is 2. The van der Waals surface area contributed by atoms with Crippen LogP contribution in [0.1, 0.15) is 57.0 Å². The van der Waals surface area contributed by atoms with Crippen molar-refractivity contribution in [3.63, 3.8) is 0 Å². The molecule has 0 saturated carbocycles. The van der Waals surface area contributed by atoms with Crippen molar-refractivity contribution in [1.82, 2.24) is 10.9 Å². The average Bonchev–Trinajstić information content (AvgIpc) is 2.69. The molecule has 0 unspecified atom stereocenters. The first-order valence-electron chi connectivity index (χ1n) is 9.94. The lowest BCUT2D eigenvalue weighted by molar-refractivity contribution is -0.384. The van der Waals surface area contributed by atoms with Crippen molar-refractivity contribution in [1.29, 1.82) is 0 Å². The Hall–Kier alpha value is -3.42. The first-order valence-corrected chi connectivity index (χ1v) is 9.94. The van der Waals surface area contributed by atoms with E-state index in [1.807, 2.05) is 24.3 Å². The number of nitrogens with one attached hydrogen (secondary N) is 2. The van der Waals surface area contributed by atoms with Crippen LogP contribution in [0.5, 0.6) is 5.75 Å². The highest BCUT2D eigenvalue weighted by atomic mass is 16.6. The lowest BCUT2D eigenvalue weighted by Gasteiger charge is -2.33. The Morgan fingerprint density at radius 3 is 2.03 bits per heavy atom. The molecule has 31 heavy (non-hydrogen) atoms. The zero-order chi connectivity index (χ0) is 23.2. The Bertz CT molecular complexity index is 929. The molecule has 0 aromatic heterocycles. The number of nitro groups is 1. The topological polar surface area (TPSA) is 111 Å². The molecule has 166 valence electrons. The Morgan fingerprint density at radius 1 is 0.935 bits per heavy atom. The maximum atomic E-state index is 12.0. The summed E-state index contributed by atoms with van der Waals surface area (Å²) in [4.78, 5) is 34.0. The Balaban J connectivity index is 1.83. The van der Waals surface area contributed by atoms with E-state index in [4.69, 9.17) is 4.74 Å². The van der Waals surface area contributed by atoms with Crippen LogP contribution in [0.3, 0.4) is 0 Å². The monoisotopic (exact) mass is 427 g/mol. The normalized spacial score (nSPS) is 11.5. The second kappa shape index (κ2) is 9.59. The van der Waals surface area contributed by atoms with Crippen LogP contribution in [0.15, 0.2) is 48.5 Å². The fourth-order valence-corrected chi connectivity index (χ4v) is 3.55. The van der Waals surface area contributed by atoms with Crippen molar-refractivity contribution in [3.8, 4) is 5.75 Å². The second-order valence-corrected chi connectivity index (χ2v) is 9.24. The number of rotatable bonds is 7. The minimum Gasteiger partial charge on any atom is -0.484 e. The van der Waals surface area contributed by atoms with E-state index in [0.717, 1.165) is 6.42 Å². The molecule has 2 rings (SSSR count). The van der Waals surface area contributed by atoms with Crippen molar-refractivity contribution in [3.05, 3.63) is 69.8 Å². The zero-order valence-electron chi connectivity index (χ0n) is 18.5. The summed E-state index contributed by atoms with van der Waals surface area (Å²) in [6.45, 7) is 10.8. The van der Waals surface area contributed by atoms with Crippen LogP contribution >= 0.6 is 0 Å². The van der Waals surface area contributed by atoms with Gasteiger partial charge in [-0.05, 0) is 47.1 Å². The Morgan fingerprint density at radius 2 is 1.52 bits per heavy atom. The van der Waals surface area contributed by atoms with Gasteiger partial charge in [0.25, 0.3) is 17.5 Å². The number of nitrogens with zero attached hydrogens (tertiary/aromatic N) is 1. The van der Waals surface area contributed by atoms with Crippen molar-refractivity contribution in [2.24, 2.45) is 5.41 Å². The molecular weight excluding hydrogens is 398 g/mol. The van der Waals surface area contributed by atoms with Gasteiger partial charge in [0.05, 0.1) is 4.92 Å². The predicted molar refractivity (Wildman–Crippen MR) is 118 cm³/mol. The Kier molecular flexibility index (Phi) is 7.38. The summed E-state index contributed by atoms with van der Waals surface area (Å²) in [5.41, 5.74) is 5.96. The SMILES string of the molecule is CC(C)(C)CC(C)(C)c1ccc(OCC(=O)NNC(=O)c2ccc([N+](=O)[O-])cc2)cc1. The minimum atomic E-state index is -0.589. The van der Waals surface area contributed by atoms with Gasteiger partial charge in [0.1, 0.15) is 5.75 Å². The highest BCUT2D eigenvalue weighted by molar-refractivity contribution is 5.95. The second-order valence-electron chi connectivity index (χ2n) is 9.24. The van der Waals surface area contributed by atoms with Gasteiger partial charge in [-0.25, -0.2) is 0 Å². The van der Waals surface area contributed by atoms with Gasteiger partial charge in [-0.3, -0.25) is 30.6 Å². The number of ether oxygens (including phenoxy) is 1. The first-order chi connectivity index (χ1) is 14.4. The van der Waals surface area contributed by atoms with Crippen LogP contribution < -0.4 is 15.6 Å². The van der Waals surface area contributed by atoms with Crippen LogP contribution in [0.4, 0.5) is 5.69 Å². The molecule has 0 aliphatic rings. The van der Waals surface area contributed by atoms with Crippen LogP contribution in [0.25, 0.3) is 0 Å². The number of carbonyl (C=O) groups excluding carboxylic acids is 2. The number of nitro benzene ring substituents is 1. The van der Waals surface area contributed by atoms with Gasteiger partial charge in [0.15, 0.2) is 6.61 Å². The molecule has 0 aliphatic heterocycles. The molecule has 0 radical (unpaired) electrons. The molecule has 8 nitrogen and oxygen atoms in total. The molecule has 0 saturated heterocycles. The third-order valence-electron chi connectivity index (χ3n) is 4.63. The van der Waals surface area contributed by atoms with E-state index in [1.165, 1.54) is 29.8 Å². The lowest BCUT2D eigenvalue weighted by Crippen LogP contribution is -2.43. The number of carbonyl (C=O) groups is 2. The van der Waals surface area contributed by atoms with E-state index >= 15 is 0 Å². The first kappa shape index (κ1) is 23.9. The molecular formula is C23H29N3O5. The van der Waals surface area contributed by atoms with Gasteiger partial charge < -0.3 is 4.74 Å². The number of hydrogen-bond donors (Lipinski definition) is 2. The zero-order valence-corrected chi connectivity index (χ0v) is 18.5. The summed E-state index contributed by atoms with van der Waals surface area (Å²) in [6, 6.07) is 12.7. The summed E-state index contributed by atoms with van der Waals surface area (Å²) in [6.07, 6.45) is 1.02. The van der Waals surface area contributed by atoms with Gasteiger partial charge in [-0.1, -0.05) is 46.8 Å². The van der Waals surface area contributed by atoms with Crippen LogP contribution in [-0.2, 0) is 10.2 Å². The quantitative estimate of drug-likeness (QED) is 0.509. The fraction of sp³-hybridized carbons (Fsp3) is 0.391. The van der Waals surface area contributed by atoms with E-state index in [9.17, 15) is 19.7 Å². The molecule has 0 atom stereocenters. The number of amides is 2. The van der Waals surface area contributed by atoms with Crippen LogP contribution in [0, 0.1) is 15.5 Å². The van der Waals surface area contributed by atoms with E-state index in [2.05, 4.69) is 45.5 Å². The summed E-state index contributed by atoms with van der Waals surface area (Å²) in [7, 11) is 0. The molecule has 2 aromatic carbocycles. The van der Waals surface area contributed by atoms with Crippen molar-refractivity contribution < 1.29 is 19.2 Å². The van der Waals surface area contributed by atoms with E-state index in [0.29, 0.717) is 5.75 Å². The third-order valence-corrected chi connectivity index (χ3v) is 4.63. The number of hydrogen-bond acceptors (Lipinski definition) is 5. The summed E-state index contributed by atoms with van der Waals surface area (Å²) in [5.74, 6) is -0.576. The van der Waals surface area contributed by atoms with E-state index in [1.54, 1.807) is 0 Å². The molecule has 2 amide bonds. The van der Waals surface area contributed by atoms with Crippen molar-refractivity contribution in [2.75, 3.05) is 6.61 Å². The van der Waals surface area contributed by atoms with Crippen molar-refractivity contribution in [2.45, 2.75) is 46.5 Å². The van der Waals surface area contributed by atoms with Gasteiger partial charge >= 0.3 is 0 Å². The average molecular weight is 428 g/mol. The van der Waals surface area contributed by atoms with Gasteiger partial charge in [0, 0.05) is 17.7 Å².